The Morgan fingerprint density at radius 3 is 2.82 bits per heavy atom. The van der Waals surface area contributed by atoms with Crippen LogP contribution in [0.2, 0.25) is 0 Å². The molecule has 1 atom stereocenters. The van der Waals surface area contributed by atoms with Gasteiger partial charge in [0, 0.05) is 17.6 Å². The minimum Gasteiger partial charge on any atom is -0.492 e. The molecule has 1 unspecified atom stereocenters. The van der Waals surface area contributed by atoms with E-state index in [-0.39, 0.29) is 6.10 Å². The molecule has 0 bridgehead atoms. The van der Waals surface area contributed by atoms with E-state index in [9.17, 15) is 5.11 Å². The van der Waals surface area contributed by atoms with Gasteiger partial charge in [0.2, 0.25) is 0 Å². The highest BCUT2D eigenvalue weighted by Crippen LogP contribution is 2.16. The van der Waals surface area contributed by atoms with Crippen molar-refractivity contribution >= 4 is 15.9 Å². The molecule has 17 heavy (non-hydrogen) atoms. The molecule has 3 nitrogen and oxygen atoms in total. The largest absolute Gasteiger partial charge is 0.492 e. The zero-order chi connectivity index (χ0) is 12.1. The third kappa shape index (κ3) is 4.30. The number of benzene rings is 1. The first-order valence-electron chi connectivity index (χ1n) is 6.03. The van der Waals surface area contributed by atoms with Gasteiger partial charge in [-0.2, -0.15) is 0 Å². The van der Waals surface area contributed by atoms with Gasteiger partial charge in [-0.05, 0) is 43.7 Å². The van der Waals surface area contributed by atoms with E-state index in [0.717, 1.165) is 42.7 Å². The monoisotopic (exact) mass is 299 g/mol. The number of hydrogen-bond acceptors (Lipinski definition) is 3. The molecule has 0 aliphatic carbocycles. The van der Waals surface area contributed by atoms with Crippen molar-refractivity contribution in [2.24, 2.45) is 0 Å². The van der Waals surface area contributed by atoms with E-state index in [1.54, 1.807) is 0 Å². The number of likely N-dealkylation sites (tertiary alicyclic amines) is 1. The van der Waals surface area contributed by atoms with Crippen LogP contribution in [-0.4, -0.2) is 42.4 Å². The molecule has 0 amide bonds. The van der Waals surface area contributed by atoms with Gasteiger partial charge in [-0.1, -0.05) is 15.9 Å². The highest BCUT2D eigenvalue weighted by atomic mass is 79.9. The first-order chi connectivity index (χ1) is 8.24. The van der Waals surface area contributed by atoms with Gasteiger partial charge in [-0.25, -0.2) is 0 Å². The van der Waals surface area contributed by atoms with E-state index in [1.807, 2.05) is 24.3 Å². The summed E-state index contributed by atoms with van der Waals surface area (Å²) in [5.41, 5.74) is 0. The van der Waals surface area contributed by atoms with Crippen LogP contribution in [0.3, 0.4) is 0 Å². The molecule has 1 aromatic rings. The summed E-state index contributed by atoms with van der Waals surface area (Å²) in [4.78, 5) is 2.26. The number of hydrogen-bond donors (Lipinski definition) is 1. The zero-order valence-electron chi connectivity index (χ0n) is 9.81. The standard InChI is InChI=1S/C13H18BrNO2/c14-11-3-5-13(6-4-11)17-9-8-15-7-1-2-12(16)10-15/h3-6,12,16H,1-2,7-10H2. The molecule has 1 aliphatic heterocycles. The fourth-order valence-electron chi connectivity index (χ4n) is 2.06. The second kappa shape index (κ2) is 6.38. The molecular weight excluding hydrogens is 282 g/mol. The summed E-state index contributed by atoms with van der Waals surface area (Å²) in [5.74, 6) is 0.894. The Bertz CT molecular complexity index is 342. The molecule has 4 heteroatoms. The first kappa shape index (κ1) is 12.9. The summed E-state index contributed by atoms with van der Waals surface area (Å²) in [6.07, 6.45) is 1.86. The van der Waals surface area contributed by atoms with Crippen LogP contribution in [0.4, 0.5) is 0 Å². The van der Waals surface area contributed by atoms with Crippen molar-refractivity contribution in [3.8, 4) is 5.75 Å². The SMILES string of the molecule is OC1CCCN(CCOc2ccc(Br)cc2)C1. The van der Waals surface area contributed by atoms with Crippen LogP contribution < -0.4 is 4.74 Å². The number of rotatable bonds is 4. The van der Waals surface area contributed by atoms with Crippen molar-refractivity contribution in [3.63, 3.8) is 0 Å². The quantitative estimate of drug-likeness (QED) is 0.926. The van der Waals surface area contributed by atoms with E-state index >= 15 is 0 Å². The summed E-state index contributed by atoms with van der Waals surface area (Å²) in [5, 5.41) is 9.54. The van der Waals surface area contributed by atoms with E-state index in [1.165, 1.54) is 0 Å². The lowest BCUT2D eigenvalue weighted by Gasteiger charge is -2.29. The fraction of sp³-hybridized carbons (Fsp3) is 0.538. The molecule has 1 aromatic carbocycles. The van der Waals surface area contributed by atoms with Crippen molar-refractivity contribution in [1.82, 2.24) is 4.90 Å². The van der Waals surface area contributed by atoms with Gasteiger partial charge >= 0.3 is 0 Å². The number of nitrogens with zero attached hydrogens (tertiary/aromatic N) is 1. The minimum atomic E-state index is -0.156. The third-order valence-electron chi connectivity index (χ3n) is 2.97. The van der Waals surface area contributed by atoms with E-state index in [4.69, 9.17) is 4.74 Å². The number of β-amino-alcohol motifs (C(OH)–C–C–N with tert-alkyl or cyclic N) is 1. The highest BCUT2D eigenvalue weighted by molar-refractivity contribution is 9.10. The zero-order valence-corrected chi connectivity index (χ0v) is 11.4. The van der Waals surface area contributed by atoms with Crippen molar-refractivity contribution in [3.05, 3.63) is 28.7 Å². The van der Waals surface area contributed by atoms with Gasteiger partial charge in [0.15, 0.2) is 0 Å². The van der Waals surface area contributed by atoms with Crippen molar-refractivity contribution in [1.29, 1.82) is 0 Å². The van der Waals surface area contributed by atoms with Crippen LogP contribution in [0.25, 0.3) is 0 Å². The van der Waals surface area contributed by atoms with E-state index in [2.05, 4.69) is 20.8 Å². The second-order valence-electron chi connectivity index (χ2n) is 4.40. The van der Waals surface area contributed by atoms with Gasteiger partial charge in [-0.15, -0.1) is 0 Å². The maximum Gasteiger partial charge on any atom is 0.119 e. The van der Waals surface area contributed by atoms with Crippen molar-refractivity contribution in [2.45, 2.75) is 18.9 Å². The van der Waals surface area contributed by atoms with Gasteiger partial charge in [0.25, 0.3) is 0 Å². The molecule has 94 valence electrons. The number of piperidine rings is 1. The molecule has 1 aliphatic rings. The van der Waals surface area contributed by atoms with Crippen LogP contribution in [-0.2, 0) is 0 Å². The molecule has 0 aromatic heterocycles. The average Bonchev–Trinajstić information content (AvgIpc) is 2.32. The van der Waals surface area contributed by atoms with Crippen LogP contribution in [0.1, 0.15) is 12.8 Å². The summed E-state index contributed by atoms with van der Waals surface area (Å²) in [6.45, 7) is 3.41. The molecule has 1 heterocycles. The van der Waals surface area contributed by atoms with Crippen molar-refractivity contribution < 1.29 is 9.84 Å². The molecular formula is C13H18BrNO2. The predicted octanol–water partition coefficient (Wildman–Crippen LogP) is 2.28. The Labute approximate surface area is 111 Å². The lowest BCUT2D eigenvalue weighted by Crippen LogP contribution is -2.40. The van der Waals surface area contributed by atoms with Crippen LogP contribution in [0, 0.1) is 0 Å². The van der Waals surface area contributed by atoms with Crippen LogP contribution in [0.15, 0.2) is 28.7 Å². The summed E-state index contributed by atoms with van der Waals surface area (Å²) in [7, 11) is 0. The second-order valence-corrected chi connectivity index (χ2v) is 5.31. The van der Waals surface area contributed by atoms with Gasteiger partial charge in [0.1, 0.15) is 12.4 Å². The molecule has 0 saturated carbocycles. The summed E-state index contributed by atoms with van der Waals surface area (Å²) < 4.78 is 6.71. The van der Waals surface area contributed by atoms with Gasteiger partial charge in [0.05, 0.1) is 6.10 Å². The lowest BCUT2D eigenvalue weighted by molar-refractivity contribution is 0.0633. The topological polar surface area (TPSA) is 32.7 Å². The Morgan fingerprint density at radius 1 is 1.35 bits per heavy atom. The van der Waals surface area contributed by atoms with E-state index < -0.39 is 0 Å². The minimum absolute atomic E-state index is 0.156. The number of halogens is 1. The average molecular weight is 300 g/mol. The Morgan fingerprint density at radius 2 is 2.12 bits per heavy atom. The Hall–Kier alpha value is -0.580. The van der Waals surface area contributed by atoms with Gasteiger partial charge < -0.3 is 9.84 Å². The normalized spacial score (nSPS) is 21.4. The maximum atomic E-state index is 9.54. The van der Waals surface area contributed by atoms with Crippen molar-refractivity contribution in [2.75, 3.05) is 26.2 Å². The molecule has 2 rings (SSSR count). The molecule has 0 spiro atoms. The fourth-order valence-corrected chi connectivity index (χ4v) is 2.32. The first-order valence-corrected chi connectivity index (χ1v) is 6.82. The Kier molecular flexibility index (Phi) is 4.83. The summed E-state index contributed by atoms with van der Waals surface area (Å²) >= 11 is 3.39. The number of aliphatic hydroxyl groups is 1. The molecule has 1 N–H and O–H groups in total. The number of aliphatic hydroxyl groups excluding tert-OH is 1. The molecule has 1 fully saturated rings. The third-order valence-corrected chi connectivity index (χ3v) is 3.50. The van der Waals surface area contributed by atoms with Gasteiger partial charge in [-0.3, -0.25) is 4.90 Å². The van der Waals surface area contributed by atoms with Crippen LogP contribution >= 0.6 is 15.9 Å². The lowest BCUT2D eigenvalue weighted by atomic mass is 10.1. The Balaban J connectivity index is 1.70. The molecule has 0 radical (unpaired) electrons. The van der Waals surface area contributed by atoms with Crippen LogP contribution in [0.5, 0.6) is 5.75 Å². The highest BCUT2D eigenvalue weighted by Gasteiger charge is 2.16. The molecule has 1 saturated heterocycles. The summed E-state index contributed by atoms with van der Waals surface area (Å²) in [6, 6.07) is 7.85. The maximum absolute atomic E-state index is 9.54. The predicted molar refractivity (Wildman–Crippen MR) is 71.3 cm³/mol. The van der Waals surface area contributed by atoms with E-state index in [0.29, 0.717) is 6.61 Å². The number of ether oxygens (including phenoxy) is 1. The smallest absolute Gasteiger partial charge is 0.119 e.